The number of pyridine rings is 3. The van der Waals surface area contributed by atoms with E-state index < -0.39 is 0 Å². The number of fused-ring (bicyclic) bond motifs is 1. The first kappa shape index (κ1) is 25.3. The van der Waals surface area contributed by atoms with E-state index in [1.54, 1.807) is 42.3 Å². The number of anilines is 1. The molecule has 1 N–H and O–H groups in total. The van der Waals surface area contributed by atoms with Crippen molar-refractivity contribution in [1.82, 2.24) is 24.9 Å². The summed E-state index contributed by atoms with van der Waals surface area (Å²) in [4.78, 5) is 24.8. The van der Waals surface area contributed by atoms with Crippen LogP contribution in [-0.4, -0.2) is 56.8 Å². The molecule has 2 aliphatic carbocycles. The van der Waals surface area contributed by atoms with Crippen LogP contribution in [0.25, 0.3) is 16.6 Å². The van der Waals surface area contributed by atoms with Crippen molar-refractivity contribution in [1.29, 1.82) is 5.26 Å². The van der Waals surface area contributed by atoms with Gasteiger partial charge in [-0.15, -0.1) is 0 Å². The lowest BCUT2D eigenvalue weighted by molar-refractivity contribution is 0.0359. The van der Waals surface area contributed by atoms with Crippen molar-refractivity contribution < 1.29 is 14.3 Å². The predicted octanol–water partition coefficient (Wildman–Crippen LogP) is 4.39. The van der Waals surface area contributed by atoms with E-state index in [-0.39, 0.29) is 11.4 Å². The Morgan fingerprint density at radius 3 is 2.61 bits per heavy atom. The summed E-state index contributed by atoms with van der Waals surface area (Å²) in [6.45, 7) is 2.47. The number of hydrogen-bond acceptors (Lipinski definition) is 8. The van der Waals surface area contributed by atoms with Gasteiger partial charge in [0.15, 0.2) is 0 Å². The second-order valence-corrected chi connectivity index (χ2v) is 11.4. The molecule has 2 aliphatic heterocycles. The van der Waals surface area contributed by atoms with E-state index in [9.17, 15) is 10.1 Å². The molecule has 0 aromatic carbocycles. The number of nitrogens with zero attached hydrogens (tertiary/aromatic N) is 6. The maximum atomic E-state index is 13.2. The minimum Gasteiger partial charge on any atom is -0.492 e. The van der Waals surface area contributed by atoms with Crippen molar-refractivity contribution in [3.05, 3.63) is 66.2 Å². The van der Waals surface area contributed by atoms with Crippen LogP contribution >= 0.6 is 0 Å². The Morgan fingerprint density at radius 2 is 1.95 bits per heavy atom. The van der Waals surface area contributed by atoms with Gasteiger partial charge in [-0.05, 0) is 69.2 Å². The van der Waals surface area contributed by atoms with Crippen LogP contribution in [0.4, 0.5) is 5.82 Å². The molecule has 6 heterocycles. The van der Waals surface area contributed by atoms with E-state index in [0.29, 0.717) is 47.4 Å². The molecule has 10 heteroatoms. The summed E-state index contributed by atoms with van der Waals surface area (Å²) in [6.07, 6.45) is 11.9. The van der Waals surface area contributed by atoms with Crippen LogP contribution in [0.5, 0.6) is 11.6 Å². The number of piperidine rings is 2. The average Bonchev–Trinajstić information content (AvgIpc) is 3.40. The van der Waals surface area contributed by atoms with E-state index in [4.69, 9.17) is 14.5 Å². The lowest BCUT2D eigenvalue weighted by Gasteiger charge is -2.62. The third kappa shape index (κ3) is 4.32. The van der Waals surface area contributed by atoms with Crippen LogP contribution < -0.4 is 19.7 Å². The second kappa shape index (κ2) is 9.77. The normalized spacial score (nSPS) is 24.3. The number of carbonyl (C=O) groups is 1. The maximum absolute atomic E-state index is 13.2. The molecule has 10 nitrogen and oxygen atoms in total. The minimum atomic E-state index is -0.203. The molecule has 0 spiro atoms. The van der Waals surface area contributed by atoms with Crippen molar-refractivity contribution >= 4 is 17.2 Å². The van der Waals surface area contributed by atoms with Crippen molar-refractivity contribution in [3.63, 3.8) is 0 Å². The molecular weight excluding hydrogens is 518 g/mol. The van der Waals surface area contributed by atoms with Gasteiger partial charge in [0.25, 0.3) is 5.91 Å². The Kier molecular flexibility index (Phi) is 6.03. The van der Waals surface area contributed by atoms with E-state index in [1.807, 2.05) is 19.2 Å². The van der Waals surface area contributed by atoms with Gasteiger partial charge in [-0.2, -0.15) is 10.4 Å². The van der Waals surface area contributed by atoms with Crippen molar-refractivity contribution in [2.24, 2.45) is 5.92 Å². The van der Waals surface area contributed by atoms with E-state index in [2.05, 4.69) is 38.5 Å². The molecule has 208 valence electrons. The van der Waals surface area contributed by atoms with Crippen LogP contribution in [0, 0.1) is 17.2 Å². The average molecular weight is 550 g/mol. The number of nitriles is 1. The Morgan fingerprint density at radius 1 is 1.12 bits per heavy atom. The summed E-state index contributed by atoms with van der Waals surface area (Å²) >= 11 is 0. The SMILES string of the molecule is CCOc1cc(-c2ccc(N3[C@@H]4C[C@@H]5C[C@H]3C[C@@](NC(=O)c3ccc(OC)nc3)(C5)C4)nc2)c2c(C#N)cnn2c1. The number of carbonyl (C=O) groups excluding carboxylic acids is 1. The number of nitrogens with one attached hydrogen (secondary N) is 1. The van der Waals surface area contributed by atoms with Crippen LogP contribution in [0.3, 0.4) is 0 Å². The molecular formula is C31H31N7O3. The Labute approximate surface area is 237 Å². The quantitative estimate of drug-likeness (QED) is 0.361. The van der Waals surface area contributed by atoms with Crippen LogP contribution in [0.15, 0.2) is 55.1 Å². The fraction of sp³-hybridized carbons (Fsp3) is 0.387. The van der Waals surface area contributed by atoms with Crippen molar-refractivity contribution in [2.75, 3.05) is 18.6 Å². The number of methoxy groups -OCH3 is 1. The first-order valence-electron chi connectivity index (χ1n) is 14.1. The van der Waals surface area contributed by atoms with Gasteiger partial charge in [0.1, 0.15) is 17.6 Å². The lowest BCUT2D eigenvalue weighted by Crippen LogP contribution is -2.69. The molecule has 4 fully saturated rings. The summed E-state index contributed by atoms with van der Waals surface area (Å²) in [5.74, 6) is 2.66. The molecule has 4 aliphatic rings. The second-order valence-electron chi connectivity index (χ2n) is 11.4. The van der Waals surface area contributed by atoms with Gasteiger partial charge in [0, 0.05) is 47.2 Å². The number of hydrogen-bond donors (Lipinski definition) is 1. The number of rotatable bonds is 7. The minimum absolute atomic E-state index is 0.0756. The zero-order chi connectivity index (χ0) is 28.1. The van der Waals surface area contributed by atoms with Crippen molar-refractivity contribution in [3.8, 4) is 28.8 Å². The highest BCUT2D eigenvalue weighted by Gasteiger charge is 2.55. The van der Waals surface area contributed by atoms with Gasteiger partial charge in [0.05, 0.1) is 42.8 Å². The number of ether oxygens (including phenoxy) is 2. The van der Waals surface area contributed by atoms with E-state index >= 15 is 0 Å². The summed E-state index contributed by atoms with van der Waals surface area (Å²) in [5, 5.41) is 17.4. The molecule has 0 radical (unpaired) electrons. The largest absolute Gasteiger partial charge is 0.492 e. The molecule has 1 amide bonds. The summed E-state index contributed by atoms with van der Waals surface area (Å²) in [6, 6.07) is 12.5. The molecule has 2 saturated heterocycles. The number of aromatic nitrogens is 4. The van der Waals surface area contributed by atoms with Crippen LogP contribution in [0.1, 0.15) is 54.9 Å². The Bertz CT molecular complexity index is 1640. The molecule has 4 aromatic heterocycles. The van der Waals surface area contributed by atoms with Gasteiger partial charge in [-0.1, -0.05) is 0 Å². The summed E-state index contributed by atoms with van der Waals surface area (Å²) in [5.41, 5.74) is 3.36. The Balaban J connectivity index is 1.14. The smallest absolute Gasteiger partial charge is 0.253 e. The summed E-state index contributed by atoms with van der Waals surface area (Å²) in [7, 11) is 1.56. The molecule has 8 rings (SSSR count). The van der Waals surface area contributed by atoms with E-state index in [1.165, 1.54) is 0 Å². The number of amides is 1. The highest BCUT2D eigenvalue weighted by atomic mass is 16.5. The fourth-order valence-electron chi connectivity index (χ4n) is 7.44. The maximum Gasteiger partial charge on any atom is 0.253 e. The first-order chi connectivity index (χ1) is 20.0. The van der Waals surface area contributed by atoms with Gasteiger partial charge in [0.2, 0.25) is 5.88 Å². The van der Waals surface area contributed by atoms with Crippen LogP contribution in [0.2, 0.25) is 0 Å². The molecule has 4 atom stereocenters. The van der Waals surface area contributed by atoms with Crippen LogP contribution in [-0.2, 0) is 0 Å². The Hall–Kier alpha value is -4.65. The lowest BCUT2D eigenvalue weighted by atomic mass is 9.59. The topological polar surface area (TPSA) is 118 Å². The first-order valence-corrected chi connectivity index (χ1v) is 14.1. The van der Waals surface area contributed by atoms with E-state index in [0.717, 1.165) is 54.6 Å². The third-order valence-electron chi connectivity index (χ3n) is 8.86. The summed E-state index contributed by atoms with van der Waals surface area (Å²) < 4.78 is 12.6. The zero-order valence-electron chi connectivity index (χ0n) is 23.1. The predicted molar refractivity (Wildman–Crippen MR) is 152 cm³/mol. The molecule has 41 heavy (non-hydrogen) atoms. The monoisotopic (exact) mass is 549 g/mol. The highest BCUT2D eigenvalue weighted by Crippen LogP contribution is 2.52. The third-order valence-corrected chi connectivity index (χ3v) is 8.86. The van der Waals surface area contributed by atoms with Gasteiger partial charge in [-0.3, -0.25) is 4.79 Å². The molecule has 4 aromatic rings. The molecule has 0 unspecified atom stereocenters. The van der Waals surface area contributed by atoms with Gasteiger partial charge >= 0.3 is 0 Å². The molecule has 4 bridgehead atoms. The zero-order valence-corrected chi connectivity index (χ0v) is 23.1. The van der Waals surface area contributed by atoms with Crippen molar-refractivity contribution in [2.45, 2.75) is 56.7 Å². The molecule has 2 saturated carbocycles. The standard InChI is InChI=1S/C31H31N7O3/c1-3-41-25-10-26(29-22(14-32)17-35-37(29)18-25)20-4-6-27(33-15-20)38-23-8-19-9-24(38)13-31(11-19,12-23)36-30(39)21-5-7-28(40-2)34-16-21/h4-7,10,15-19,23-24H,3,8-9,11-13H2,1-2H3,(H,36,39)/t19-,23-,24+,31-. The fourth-order valence-corrected chi connectivity index (χ4v) is 7.44. The van der Waals surface area contributed by atoms with Gasteiger partial charge < -0.3 is 19.7 Å². The van der Waals surface area contributed by atoms with Gasteiger partial charge in [-0.25, -0.2) is 14.5 Å². The highest BCUT2D eigenvalue weighted by molar-refractivity contribution is 5.94.